The molecule has 5 nitrogen and oxygen atoms in total. The molecule has 1 aromatic heterocycles. The van der Waals surface area contributed by atoms with Crippen LogP contribution in [0.2, 0.25) is 10.0 Å². The third kappa shape index (κ3) is 5.27. The van der Waals surface area contributed by atoms with Crippen molar-refractivity contribution in [2.24, 2.45) is 5.92 Å². The van der Waals surface area contributed by atoms with Gasteiger partial charge in [-0.15, -0.1) is 0 Å². The van der Waals surface area contributed by atoms with Gasteiger partial charge in [-0.25, -0.2) is 4.79 Å². The number of benzene rings is 1. The van der Waals surface area contributed by atoms with E-state index in [4.69, 9.17) is 32.5 Å². The summed E-state index contributed by atoms with van der Waals surface area (Å²) in [5, 5.41) is 5.46. The molecule has 0 radical (unpaired) electrons. The van der Waals surface area contributed by atoms with Crippen molar-refractivity contribution < 1.29 is 14.1 Å². The number of ether oxygens (including phenoxy) is 1. The second-order valence-electron chi connectivity index (χ2n) is 9.34. The number of piperidine rings is 1. The van der Waals surface area contributed by atoms with Gasteiger partial charge in [0, 0.05) is 30.1 Å². The van der Waals surface area contributed by atoms with Crippen molar-refractivity contribution >= 4 is 35.4 Å². The van der Waals surface area contributed by atoms with Gasteiger partial charge in [0.25, 0.3) is 0 Å². The molecular weight excluding hydrogens is 435 g/mol. The van der Waals surface area contributed by atoms with Gasteiger partial charge in [-0.3, -0.25) is 0 Å². The molecule has 7 heteroatoms. The molecule has 0 spiro atoms. The Bertz CT molecular complexity index is 961. The molecule has 4 rings (SSSR count). The minimum absolute atomic E-state index is 0.236. The summed E-state index contributed by atoms with van der Waals surface area (Å²) >= 11 is 12.9. The SMILES string of the molecule is CC(C)(C)OC(=O)N1CCC(C=Cc2c(-c3c(Cl)cccc3Cl)noc2C2CC2)CC1. The van der Waals surface area contributed by atoms with Crippen LogP contribution in [0.15, 0.2) is 28.8 Å². The fraction of sp³-hybridized carbons (Fsp3) is 0.500. The average Bonchev–Trinajstić information content (AvgIpc) is 3.46. The Labute approximate surface area is 193 Å². The molecule has 2 aromatic rings. The lowest BCUT2D eigenvalue weighted by Gasteiger charge is -2.32. The first kappa shape index (κ1) is 22.2. The quantitative estimate of drug-likeness (QED) is 0.482. The van der Waals surface area contributed by atoms with Crippen LogP contribution in [-0.4, -0.2) is 34.8 Å². The molecule has 166 valence electrons. The van der Waals surface area contributed by atoms with E-state index < -0.39 is 5.60 Å². The van der Waals surface area contributed by atoms with Crippen molar-refractivity contribution in [1.29, 1.82) is 0 Å². The van der Waals surface area contributed by atoms with Crippen LogP contribution >= 0.6 is 23.2 Å². The molecular formula is C24H28Cl2N2O3. The summed E-state index contributed by atoms with van der Waals surface area (Å²) in [5.41, 5.74) is 1.89. The highest BCUT2D eigenvalue weighted by Gasteiger charge is 2.33. The highest BCUT2D eigenvalue weighted by atomic mass is 35.5. The molecule has 1 amide bonds. The number of rotatable bonds is 4. The molecule has 0 unspecified atom stereocenters. The van der Waals surface area contributed by atoms with Gasteiger partial charge in [0.2, 0.25) is 0 Å². The van der Waals surface area contributed by atoms with Gasteiger partial charge in [-0.2, -0.15) is 0 Å². The van der Waals surface area contributed by atoms with E-state index in [-0.39, 0.29) is 6.09 Å². The fourth-order valence-electron chi connectivity index (χ4n) is 3.85. The molecule has 31 heavy (non-hydrogen) atoms. The minimum atomic E-state index is -0.474. The predicted octanol–water partition coefficient (Wildman–Crippen LogP) is 7.19. The van der Waals surface area contributed by atoms with Crippen molar-refractivity contribution in [2.75, 3.05) is 13.1 Å². The lowest BCUT2D eigenvalue weighted by Crippen LogP contribution is -2.41. The van der Waals surface area contributed by atoms with E-state index in [1.807, 2.05) is 39.0 Å². The largest absolute Gasteiger partial charge is 0.444 e. The summed E-state index contributed by atoms with van der Waals surface area (Å²) in [6.45, 7) is 7.04. The molecule has 0 bridgehead atoms. The lowest BCUT2D eigenvalue weighted by molar-refractivity contribution is 0.0197. The Morgan fingerprint density at radius 3 is 2.39 bits per heavy atom. The maximum atomic E-state index is 12.3. The minimum Gasteiger partial charge on any atom is -0.444 e. The number of allylic oxidation sites excluding steroid dienone is 1. The Morgan fingerprint density at radius 2 is 1.81 bits per heavy atom. The normalized spacial score (nSPS) is 18.0. The smallest absolute Gasteiger partial charge is 0.410 e. The fourth-order valence-corrected chi connectivity index (χ4v) is 4.42. The van der Waals surface area contributed by atoms with E-state index in [1.165, 1.54) is 0 Å². The first-order chi connectivity index (χ1) is 14.7. The van der Waals surface area contributed by atoms with Crippen LogP contribution in [-0.2, 0) is 4.74 Å². The van der Waals surface area contributed by atoms with E-state index in [0.29, 0.717) is 46.2 Å². The average molecular weight is 463 g/mol. The summed E-state index contributed by atoms with van der Waals surface area (Å²) < 4.78 is 11.2. The van der Waals surface area contributed by atoms with Gasteiger partial charge >= 0.3 is 6.09 Å². The Hall–Kier alpha value is -1.98. The zero-order valence-corrected chi connectivity index (χ0v) is 19.7. The van der Waals surface area contributed by atoms with Crippen LogP contribution in [0.3, 0.4) is 0 Å². The molecule has 1 aliphatic carbocycles. The molecule has 2 heterocycles. The molecule has 1 saturated heterocycles. The van der Waals surface area contributed by atoms with Crippen LogP contribution in [0.1, 0.15) is 63.7 Å². The van der Waals surface area contributed by atoms with Crippen LogP contribution < -0.4 is 0 Å². The number of aromatic nitrogens is 1. The maximum absolute atomic E-state index is 12.3. The molecule has 2 fully saturated rings. The number of carbonyl (C=O) groups is 1. The van der Waals surface area contributed by atoms with Crippen molar-refractivity contribution in [1.82, 2.24) is 10.1 Å². The second kappa shape index (κ2) is 8.87. The molecule has 2 aliphatic rings. The van der Waals surface area contributed by atoms with Crippen molar-refractivity contribution in [2.45, 2.75) is 58.0 Å². The predicted molar refractivity (Wildman–Crippen MR) is 123 cm³/mol. The number of hydrogen-bond acceptors (Lipinski definition) is 4. The summed E-state index contributed by atoms with van der Waals surface area (Å²) in [7, 11) is 0. The number of amides is 1. The standard InChI is InChI=1S/C24H28Cl2N2O3/c1-24(2,3)30-23(29)28-13-11-15(12-14-28)7-10-17-21(27-31-22(17)16-8-9-16)20-18(25)5-4-6-19(20)26/h4-7,10,15-16H,8-9,11-14H2,1-3H3. The molecule has 0 atom stereocenters. The van der Waals surface area contributed by atoms with Gasteiger partial charge in [0.05, 0.1) is 10.0 Å². The summed E-state index contributed by atoms with van der Waals surface area (Å²) in [4.78, 5) is 14.1. The zero-order valence-electron chi connectivity index (χ0n) is 18.2. The van der Waals surface area contributed by atoms with Crippen molar-refractivity contribution in [3.8, 4) is 11.3 Å². The number of halogens is 2. The van der Waals surface area contributed by atoms with Crippen molar-refractivity contribution in [3.63, 3.8) is 0 Å². The Morgan fingerprint density at radius 1 is 1.16 bits per heavy atom. The number of hydrogen-bond donors (Lipinski definition) is 0. The van der Waals surface area contributed by atoms with E-state index >= 15 is 0 Å². The number of nitrogens with zero attached hydrogens (tertiary/aromatic N) is 2. The summed E-state index contributed by atoms with van der Waals surface area (Å²) in [6.07, 6.45) is 8.08. The van der Waals surface area contributed by atoms with Crippen molar-refractivity contribution in [3.05, 3.63) is 45.6 Å². The zero-order chi connectivity index (χ0) is 22.2. The van der Waals surface area contributed by atoms with Gasteiger partial charge in [0.15, 0.2) is 0 Å². The van der Waals surface area contributed by atoms with E-state index in [0.717, 1.165) is 37.0 Å². The highest BCUT2D eigenvalue weighted by Crippen LogP contribution is 2.46. The first-order valence-electron chi connectivity index (χ1n) is 10.8. The van der Waals surface area contributed by atoms with Crippen LogP contribution in [0.25, 0.3) is 17.3 Å². The van der Waals surface area contributed by atoms with Crippen LogP contribution in [0.4, 0.5) is 4.79 Å². The molecule has 0 N–H and O–H groups in total. The van der Waals surface area contributed by atoms with Gasteiger partial charge in [-0.05, 0) is 64.5 Å². The summed E-state index contributed by atoms with van der Waals surface area (Å²) in [6, 6.07) is 5.45. The molecule has 1 saturated carbocycles. The van der Waals surface area contributed by atoms with E-state index in [1.54, 1.807) is 4.90 Å². The third-order valence-electron chi connectivity index (χ3n) is 5.63. The van der Waals surface area contributed by atoms with Gasteiger partial charge < -0.3 is 14.2 Å². The van der Waals surface area contributed by atoms with E-state index in [2.05, 4.69) is 17.3 Å². The van der Waals surface area contributed by atoms with E-state index in [9.17, 15) is 4.79 Å². The third-order valence-corrected chi connectivity index (χ3v) is 6.26. The second-order valence-corrected chi connectivity index (χ2v) is 10.2. The Kier molecular flexibility index (Phi) is 6.36. The van der Waals surface area contributed by atoms with Gasteiger partial charge in [0.1, 0.15) is 17.1 Å². The van der Waals surface area contributed by atoms with Crippen LogP contribution in [0, 0.1) is 5.92 Å². The first-order valence-corrected chi connectivity index (χ1v) is 11.6. The lowest BCUT2D eigenvalue weighted by atomic mass is 9.94. The number of likely N-dealkylation sites (tertiary alicyclic amines) is 1. The topological polar surface area (TPSA) is 55.6 Å². The maximum Gasteiger partial charge on any atom is 0.410 e. The molecule has 1 aromatic carbocycles. The van der Waals surface area contributed by atoms with Crippen LogP contribution in [0.5, 0.6) is 0 Å². The van der Waals surface area contributed by atoms with Gasteiger partial charge in [-0.1, -0.05) is 46.6 Å². The highest BCUT2D eigenvalue weighted by molar-refractivity contribution is 6.39. The number of carbonyl (C=O) groups excluding carboxylic acids is 1. The monoisotopic (exact) mass is 462 g/mol. The summed E-state index contributed by atoms with van der Waals surface area (Å²) in [5.74, 6) is 1.69. The molecule has 1 aliphatic heterocycles. The Balaban J connectivity index is 1.50.